The first-order valence-electron chi connectivity index (χ1n) is 4.85. The molecule has 0 aliphatic rings. The van der Waals surface area contributed by atoms with E-state index in [9.17, 15) is 9.18 Å². The van der Waals surface area contributed by atoms with Gasteiger partial charge in [0.1, 0.15) is 5.82 Å². The molecule has 0 radical (unpaired) electrons. The standard InChI is InChI=1S/C11H10FN3OS/c1-6-5-14-11(17-6)15-10(16)7-2-3-9(13)8(12)4-7/h2-5H,13H2,1H3,(H,14,15,16). The normalized spacial score (nSPS) is 10.2. The van der Waals surface area contributed by atoms with Crippen LogP contribution in [0.25, 0.3) is 0 Å². The van der Waals surface area contributed by atoms with E-state index >= 15 is 0 Å². The molecular weight excluding hydrogens is 241 g/mol. The van der Waals surface area contributed by atoms with Gasteiger partial charge >= 0.3 is 0 Å². The van der Waals surface area contributed by atoms with Crippen molar-refractivity contribution in [3.05, 3.63) is 40.7 Å². The topological polar surface area (TPSA) is 68.0 Å². The summed E-state index contributed by atoms with van der Waals surface area (Å²) in [5, 5.41) is 3.08. The number of nitrogens with two attached hydrogens (primary N) is 1. The number of rotatable bonds is 2. The van der Waals surface area contributed by atoms with Gasteiger partial charge < -0.3 is 5.73 Å². The number of amides is 1. The van der Waals surface area contributed by atoms with E-state index in [4.69, 9.17) is 5.73 Å². The molecule has 0 aliphatic carbocycles. The quantitative estimate of drug-likeness (QED) is 0.805. The van der Waals surface area contributed by atoms with E-state index in [-0.39, 0.29) is 11.3 Å². The third-order valence-corrected chi connectivity index (χ3v) is 2.93. The van der Waals surface area contributed by atoms with Gasteiger partial charge in [-0.15, -0.1) is 11.3 Å². The van der Waals surface area contributed by atoms with Crippen molar-refractivity contribution in [2.75, 3.05) is 11.1 Å². The molecule has 1 heterocycles. The van der Waals surface area contributed by atoms with Crippen molar-refractivity contribution in [2.45, 2.75) is 6.92 Å². The van der Waals surface area contributed by atoms with Crippen LogP contribution in [0.15, 0.2) is 24.4 Å². The Balaban J connectivity index is 2.17. The predicted molar refractivity (Wildman–Crippen MR) is 65.6 cm³/mol. The molecule has 1 aromatic carbocycles. The number of hydrogen-bond acceptors (Lipinski definition) is 4. The van der Waals surface area contributed by atoms with Gasteiger partial charge in [0.05, 0.1) is 5.69 Å². The van der Waals surface area contributed by atoms with Crippen LogP contribution in [0.2, 0.25) is 0 Å². The van der Waals surface area contributed by atoms with Gasteiger partial charge in [-0.2, -0.15) is 0 Å². The fraction of sp³-hybridized carbons (Fsp3) is 0.0909. The first-order valence-corrected chi connectivity index (χ1v) is 5.67. The fourth-order valence-corrected chi connectivity index (χ4v) is 1.91. The van der Waals surface area contributed by atoms with Crippen molar-refractivity contribution < 1.29 is 9.18 Å². The Morgan fingerprint density at radius 1 is 1.53 bits per heavy atom. The van der Waals surface area contributed by atoms with E-state index in [0.717, 1.165) is 10.9 Å². The SMILES string of the molecule is Cc1cnc(NC(=O)c2ccc(N)c(F)c2)s1. The first-order chi connectivity index (χ1) is 8.06. The number of halogens is 1. The number of carbonyl (C=O) groups excluding carboxylic acids is 1. The third kappa shape index (κ3) is 2.59. The second-order valence-corrected chi connectivity index (χ2v) is 4.70. The molecule has 4 nitrogen and oxygen atoms in total. The number of thiazole rings is 1. The maximum atomic E-state index is 13.2. The summed E-state index contributed by atoms with van der Waals surface area (Å²) in [6, 6.07) is 3.93. The largest absolute Gasteiger partial charge is 0.396 e. The Labute approximate surface area is 101 Å². The Morgan fingerprint density at radius 3 is 2.88 bits per heavy atom. The molecule has 17 heavy (non-hydrogen) atoms. The van der Waals surface area contributed by atoms with Crippen molar-refractivity contribution in [1.82, 2.24) is 4.98 Å². The molecule has 1 amide bonds. The second kappa shape index (κ2) is 4.50. The van der Waals surface area contributed by atoms with Gasteiger partial charge in [-0.05, 0) is 25.1 Å². The van der Waals surface area contributed by atoms with Gasteiger partial charge in [0.25, 0.3) is 5.91 Å². The highest BCUT2D eigenvalue weighted by Crippen LogP contribution is 2.18. The molecule has 0 bridgehead atoms. The summed E-state index contributed by atoms with van der Waals surface area (Å²) in [6.07, 6.45) is 1.66. The molecular formula is C11H10FN3OS. The number of aryl methyl sites for hydroxylation is 1. The molecule has 0 atom stereocenters. The lowest BCUT2D eigenvalue weighted by Gasteiger charge is -2.02. The maximum absolute atomic E-state index is 13.2. The Bertz CT molecular complexity index is 568. The van der Waals surface area contributed by atoms with Crippen LogP contribution in [-0.2, 0) is 0 Å². The van der Waals surface area contributed by atoms with Gasteiger partial charge in [0, 0.05) is 16.6 Å². The lowest BCUT2D eigenvalue weighted by atomic mass is 10.2. The van der Waals surface area contributed by atoms with Crippen LogP contribution in [0.1, 0.15) is 15.2 Å². The van der Waals surface area contributed by atoms with Gasteiger partial charge in [-0.3, -0.25) is 10.1 Å². The molecule has 0 unspecified atom stereocenters. The number of hydrogen-bond donors (Lipinski definition) is 2. The van der Waals surface area contributed by atoms with E-state index in [2.05, 4.69) is 10.3 Å². The zero-order valence-corrected chi connectivity index (χ0v) is 9.84. The molecule has 0 aliphatic heterocycles. The van der Waals surface area contributed by atoms with Crippen molar-refractivity contribution in [2.24, 2.45) is 0 Å². The number of nitrogens with zero attached hydrogens (tertiary/aromatic N) is 1. The monoisotopic (exact) mass is 251 g/mol. The maximum Gasteiger partial charge on any atom is 0.257 e. The third-order valence-electron chi connectivity index (χ3n) is 2.10. The molecule has 0 fully saturated rings. The number of nitrogen functional groups attached to an aromatic ring is 1. The van der Waals surface area contributed by atoms with Crippen LogP contribution >= 0.6 is 11.3 Å². The highest BCUT2D eigenvalue weighted by atomic mass is 32.1. The highest BCUT2D eigenvalue weighted by molar-refractivity contribution is 7.15. The predicted octanol–water partition coefficient (Wildman–Crippen LogP) is 2.43. The van der Waals surface area contributed by atoms with Crippen molar-refractivity contribution in [3.63, 3.8) is 0 Å². The molecule has 0 saturated carbocycles. The molecule has 0 spiro atoms. The summed E-state index contributed by atoms with van der Waals surface area (Å²) in [4.78, 5) is 16.7. The molecule has 2 rings (SSSR count). The van der Waals surface area contributed by atoms with Crippen molar-refractivity contribution >= 4 is 28.1 Å². The molecule has 2 aromatic rings. The van der Waals surface area contributed by atoms with Crippen molar-refractivity contribution in [3.8, 4) is 0 Å². The summed E-state index contributed by atoms with van der Waals surface area (Å²) in [5.41, 5.74) is 5.56. The smallest absolute Gasteiger partial charge is 0.257 e. The number of anilines is 2. The van der Waals surface area contributed by atoms with Gasteiger partial charge in [0.15, 0.2) is 5.13 Å². The average molecular weight is 251 g/mol. The fourth-order valence-electron chi connectivity index (χ4n) is 1.25. The lowest BCUT2D eigenvalue weighted by Crippen LogP contribution is -2.12. The van der Waals surface area contributed by atoms with Crippen LogP contribution in [0, 0.1) is 12.7 Å². The number of nitrogens with one attached hydrogen (secondary N) is 1. The lowest BCUT2D eigenvalue weighted by molar-refractivity contribution is 0.102. The molecule has 0 saturated heterocycles. The van der Waals surface area contributed by atoms with Crippen LogP contribution in [0.5, 0.6) is 0 Å². The Hall–Kier alpha value is -1.95. The molecule has 3 N–H and O–H groups in total. The summed E-state index contributed by atoms with van der Waals surface area (Å²) in [7, 11) is 0. The van der Waals surface area contributed by atoms with Crippen LogP contribution in [-0.4, -0.2) is 10.9 Å². The number of carbonyl (C=O) groups is 1. The van der Waals surface area contributed by atoms with E-state index in [0.29, 0.717) is 5.13 Å². The molecule has 1 aromatic heterocycles. The minimum atomic E-state index is -0.604. The average Bonchev–Trinajstić information content (AvgIpc) is 2.68. The first kappa shape index (κ1) is 11.5. The Kier molecular flexibility index (Phi) is 3.06. The number of benzene rings is 1. The van der Waals surface area contributed by atoms with Gasteiger partial charge in [-0.25, -0.2) is 9.37 Å². The molecule has 6 heteroatoms. The number of aromatic nitrogens is 1. The van der Waals surface area contributed by atoms with E-state index in [1.807, 2.05) is 6.92 Å². The van der Waals surface area contributed by atoms with Crippen LogP contribution < -0.4 is 11.1 Å². The summed E-state index contributed by atoms with van der Waals surface area (Å²) < 4.78 is 13.2. The minimum absolute atomic E-state index is 0.0200. The summed E-state index contributed by atoms with van der Waals surface area (Å²) in [6.45, 7) is 1.89. The van der Waals surface area contributed by atoms with Gasteiger partial charge in [0.2, 0.25) is 0 Å². The van der Waals surface area contributed by atoms with Crippen molar-refractivity contribution in [1.29, 1.82) is 0 Å². The summed E-state index contributed by atoms with van der Waals surface area (Å²) in [5.74, 6) is -1.01. The second-order valence-electron chi connectivity index (χ2n) is 3.47. The van der Waals surface area contributed by atoms with Gasteiger partial charge in [-0.1, -0.05) is 0 Å². The summed E-state index contributed by atoms with van der Waals surface area (Å²) >= 11 is 1.36. The molecule has 88 valence electrons. The Morgan fingerprint density at radius 2 is 2.29 bits per heavy atom. The van der Waals surface area contributed by atoms with E-state index in [1.54, 1.807) is 6.20 Å². The minimum Gasteiger partial charge on any atom is -0.396 e. The van der Waals surface area contributed by atoms with E-state index in [1.165, 1.54) is 23.5 Å². The van der Waals surface area contributed by atoms with E-state index < -0.39 is 11.7 Å². The highest BCUT2D eigenvalue weighted by Gasteiger charge is 2.10. The van der Waals surface area contributed by atoms with Crippen LogP contribution in [0.4, 0.5) is 15.2 Å². The van der Waals surface area contributed by atoms with Crippen LogP contribution in [0.3, 0.4) is 0 Å². The zero-order chi connectivity index (χ0) is 12.4. The zero-order valence-electron chi connectivity index (χ0n) is 9.03.